The maximum Gasteiger partial charge on any atom is 0.256 e. The molecule has 0 saturated carbocycles. The van der Waals surface area contributed by atoms with Crippen LogP contribution < -0.4 is 15.2 Å². The zero-order chi connectivity index (χ0) is 16.5. The highest BCUT2D eigenvalue weighted by atomic mass is 32.2. The van der Waals surface area contributed by atoms with Gasteiger partial charge in [-0.25, -0.2) is 13.6 Å². The Hall–Kier alpha value is -1.90. The molecule has 1 amide bonds. The van der Waals surface area contributed by atoms with Crippen LogP contribution in [0.4, 0.5) is 5.69 Å². The molecule has 6 nitrogen and oxygen atoms in total. The first-order chi connectivity index (χ1) is 10.2. The number of thiophene rings is 1. The number of carbonyl (C=O) groups is 1. The standard InChI is InChI=1S/C14H16N2O4S2/c1-8-6-11(9(2)21-8)14(17)16-10-4-5-12(20-3)13(7-10)22(15,18)19/h4-7H,1-3H3,(H,16,17)(H2,15,18,19). The van der Waals surface area contributed by atoms with Crippen molar-refractivity contribution in [3.8, 4) is 5.75 Å². The minimum Gasteiger partial charge on any atom is -0.495 e. The van der Waals surface area contributed by atoms with E-state index in [1.54, 1.807) is 12.1 Å². The summed E-state index contributed by atoms with van der Waals surface area (Å²) < 4.78 is 28.1. The first kappa shape index (κ1) is 16.5. The van der Waals surface area contributed by atoms with Crippen molar-refractivity contribution >= 4 is 33.0 Å². The fraction of sp³-hybridized carbons (Fsp3) is 0.214. The van der Waals surface area contributed by atoms with Crippen molar-refractivity contribution in [2.24, 2.45) is 5.14 Å². The van der Waals surface area contributed by atoms with Gasteiger partial charge in [-0.15, -0.1) is 11.3 Å². The molecule has 0 atom stereocenters. The van der Waals surface area contributed by atoms with Gasteiger partial charge < -0.3 is 10.1 Å². The number of sulfonamides is 1. The summed E-state index contributed by atoms with van der Waals surface area (Å²) in [6.07, 6.45) is 0. The Kier molecular flexibility index (Phi) is 4.55. The number of anilines is 1. The van der Waals surface area contributed by atoms with Crippen molar-refractivity contribution in [2.75, 3.05) is 12.4 Å². The average Bonchev–Trinajstić information content (AvgIpc) is 2.76. The molecule has 118 valence electrons. The van der Waals surface area contributed by atoms with Crippen molar-refractivity contribution in [1.82, 2.24) is 0 Å². The lowest BCUT2D eigenvalue weighted by Gasteiger charge is -2.10. The molecular formula is C14H16N2O4S2. The number of hydrogen-bond acceptors (Lipinski definition) is 5. The number of carbonyl (C=O) groups excluding carboxylic acids is 1. The summed E-state index contributed by atoms with van der Waals surface area (Å²) in [5.74, 6) is -0.171. The number of ether oxygens (including phenoxy) is 1. The first-order valence-corrected chi connectivity index (χ1v) is 8.68. The quantitative estimate of drug-likeness (QED) is 0.892. The normalized spacial score (nSPS) is 11.3. The van der Waals surface area contributed by atoms with Crippen molar-refractivity contribution in [3.63, 3.8) is 0 Å². The van der Waals surface area contributed by atoms with E-state index in [9.17, 15) is 13.2 Å². The Morgan fingerprint density at radius 2 is 1.95 bits per heavy atom. The van der Waals surface area contributed by atoms with E-state index in [4.69, 9.17) is 9.88 Å². The van der Waals surface area contributed by atoms with Gasteiger partial charge in [0.05, 0.1) is 12.7 Å². The summed E-state index contributed by atoms with van der Waals surface area (Å²) in [5, 5.41) is 7.82. The second kappa shape index (κ2) is 6.07. The molecule has 3 N–H and O–H groups in total. The van der Waals surface area contributed by atoms with Crippen LogP contribution in [0.1, 0.15) is 20.1 Å². The van der Waals surface area contributed by atoms with Gasteiger partial charge in [0.1, 0.15) is 10.6 Å². The molecule has 0 unspecified atom stereocenters. The fourth-order valence-electron chi connectivity index (χ4n) is 2.03. The van der Waals surface area contributed by atoms with E-state index >= 15 is 0 Å². The lowest BCUT2D eigenvalue weighted by molar-refractivity contribution is 0.102. The molecule has 0 aliphatic carbocycles. The zero-order valence-corrected chi connectivity index (χ0v) is 14.0. The van der Waals surface area contributed by atoms with Crippen LogP contribution in [0.2, 0.25) is 0 Å². The van der Waals surface area contributed by atoms with Crippen LogP contribution in [-0.4, -0.2) is 21.4 Å². The first-order valence-electron chi connectivity index (χ1n) is 6.31. The maximum atomic E-state index is 12.2. The monoisotopic (exact) mass is 340 g/mol. The third-order valence-corrected chi connectivity index (χ3v) is 4.91. The minimum absolute atomic E-state index is 0.128. The Labute approximate surface area is 133 Å². The van der Waals surface area contributed by atoms with Crippen LogP contribution in [0.5, 0.6) is 5.75 Å². The van der Waals surface area contributed by atoms with Gasteiger partial charge in [0.2, 0.25) is 10.0 Å². The van der Waals surface area contributed by atoms with Crippen LogP contribution in [-0.2, 0) is 10.0 Å². The second-order valence-corrected chi connectivity index (χ2v) is 7.68. The zero-order valence-electron chi connectivity index (χ0n) is 12.3. The van der Waals surface area contributed by atoms with E-state index in [0.717, 1.165) is 9.75 Å². The van der Waals surface area contributed by atoms with E-state index in [1.165, 1.54) is 30.6 Å². The minimum atomic E-state index is -3.95. The van der Waals surface area contributed by atoms with Crippen molar-refractivity contribution in [2.45, 2.75) is 18.7 Å². The predicted molar refractivity (Wildman–Crippen MR) is 86.1 cm³/mol. The predicted octanol–water partition coefficient (Wildman–Crippen LogP) is 2.27. The summed E-state index contributed by atoms with van der Waals surface area (Å²) in [5.41, 5.74) is 0.897. The molecule has 0 aliphatic heterocycles. The summed E-state index contributed by atoms with van der Waals surface area (Å²) in [4.78, 5) is 14.0. The molecule has 1 aromatic heterocycles. The molecule has 0 radical (unpaired) electrons. The van der Waals surface area contributed by atoms with Crippen LogP contribution in [0, 0.1) is 13.8 Å². The molecule has 8 heteroatoms. The number of aryl methyl sites for hydroxylation is 2. The van der Waals surface area contributed by atoms with E-state index in [-0.39, 0.29) is 16.6 Å². The van der Waals surface area contributed by atoms with Crippen LogP contribution in [0.3, 0.4) is 0 Å². The number of benzene rings is 1. The van der Waals surface area contributed by atoms with Gasteiger partial charge in [-0.1, -0.05) is 0 Å². The van der Waals surface area contributed by atoms with Crippen LogP contribution >= 0.6 is 11.3 Å². The number of hydrogen-bond donors (Lipinski definition) is 2. The topological polar surface area (TPSA) is 98.5 Å². The van der Waals surface area contributed by atoms with Gasteiger partial charge in [-0.3, -0.25) is 4.79 Å². The third-order valence-electron chi connectivity index (χ3n) is 3.01. The average molecular weight is 340 g/mol. The summed E-state index contributed by atoms with van der Waals surface area (Å²) >= 11 is 1.52. The van der Waals surface area contributed by atoms with Gasteiger partial charge in [0.15, 0.2) is 0 Å². The highest BCUT2D eigenvalue weighted by molar-refractivity contribution is 7.89. The maximum absolute atomic E-state index is 12.2. The largest absolute Gasteiger partial charge is 0.495 e. The van der Waals surface area contributed by atoms with Gasteiger partial charge in [-0.2, -0.15) is 0 Å². The van der Waals surface area contributed by atoms with E-state index in [0.29, 0.717) is 11.3 Å². The van der Waals surface area contributed by atoms with Crippen LogP contribution in [0.25, 0.3) is 0 Å². The molecule has 22 heavy (non-hydrogen) atoms. The molecule has 1 heterocycles. The smallest absolute Gasteiger partial charge is 0.256 e. The highest BCUT2D eigenvalue weighted by Gasteiger charge is 2.17. The Morgan fingerprint density at radius 3 is 2.45 bits per heavy atom. The van der Waals surface area contributed by atoms with Crippen LogP contribution in [0.15, 0.2) is 29.2 Å². The third kappa shape index (κ3) is 3.46. The number of nitrogens with two attached hydrogens (primary N) is 1. The molecule has 1 aromatic carbocycles. The number of methoxy groups -OCH3 is 1. The Morgan fingerprint density at radius 1 is 1.27 bits per heavy atom. The summed E-state index contributed by atoms with van der Waals surface area (Å²) in [6.45, 7) is 3.78. The molecule has 0 aliphatic rings. The van der Waals surface area contributed by atoms with E-state index in [1.807, 2.05) is 13.8 Å². The molecule has 0 bridgehead atoms. The van der Waals surface area contributed by atoms with Gasteiger partial charge in [-0.05, 0) is 38.1 Å². The number of rotatable bonds is 4. The van der Waals surface area contributed by atoms with Crippen molar-refractivity contribution < 1.29 is 17.9 Å². The highest BCUT2D eigenvalue weighted by Crippen LogP contribution is 2.27. The summed E-state index contributed by atoms with van der Waals surface area (Å²) in [6, 6.07) is 6.07. The Balaban J connectivity index is 2.35. The van der Waals surface area contributed by atoms with Crippen molar-refractivity contribution in [3.05, 3.63) is 39.6 Å². The number of amides is 1. The number of primary sulfonamides is 1. The molecule has 0 saturated heterocycles. The lowest BCUT2D eigenvalue weighted by Crippen LogP contribution is -2.16. The van der Waals surface area contributed by atoms with Gasteiger partial charge in [0, 0.05) is 15.4 Å². The van der Waals surface area contributed by atoms with Crippen molar-refractivity contribution in [1.29, 1.82) is 0 Å². The van der Waals surface area contributed by atoms with E-state index < -0.39 is 10.0 Å². The van der Waals surface area contributed by atoms with Gasteiger partial charge >= 0.3 is 0 Å². The second-order valence-electron chi connectivity index (χ2n) is 4.69. The SMILES string of the molecule is COc1ccc(NC(=O)c2cc(C)sc2C)cc1S(N)(=O)=O. The molecular weight excluding hydrogens is 324 g/mol. The lowest BCUT2D eigenvalue weighted by atomic mass is 10.2. The molecule has 2 aromatic rings. The van der Waals surface area contributed by atoms with Gasteiger partial charge in [0.25, 0.3) is 5.91 Å². The van der Waals surface area contributed by atoms with E-state index in [2.05, 4.69) is 5.32 Å². The molecule has 2 rings (SSSR count). The summed E-state index contributed by atoms with van der Waals surface area (Å²) in [7, 11) is -2.60. The fourth-order valence-corrected chi connectivity index (χ4v) is 3.68. The molecule has 0 fully saturated rings. The number of nitrogens with one attached hydrogen (secondary N) is 1. The molecule has 0 spiro atoms. The Bertz CT molecular complexity index is 825.